The molecule has 30 heavy (non-hydrogen) atoms. The number of nitro groups is 1. The van der Waals surface area contributed by atoms with Crippen molar-refractivity contribution >= 4 is 22.7 Å². The van der Waals surface area contributed by atoms with Crippen molar-refractivity contribution in [3.05, 3.63) is 52.6 Å². The first-order valence-corrected chi connectivity index (χ1v) is 8.93. The lowest BCUT2D eigenvalue weighted by Crippen LogP contribution is -2.45. The number of benzene rings is 1. The number of ether oxygens (including phenoxy) is 1. The third-order valence-corrected chi connectivity index (χ3v) is 4.87. The van der Waals surface area contributed by atoms with Gasteiger partial charge in [-0.05, 0) is 6.07 Å². The minimum Gasteiger partial charge on any atom is -0.394 e. The molecule has 1 aliphatic rings. The molecule has 1 aliphatic heterocycles. The van der Waals surface area contributed by atoms with Crippen molar-refractivity contribution in [2.75, 3.05) is 12.3 Å². The molecule has 0 radical (unpaired) electrons. The maximum Gasteiger partial charge on any atom is 0.289 e. The summed E-state index contributed by atoms with van der Waals surface area (Å²) in [5.74, 6) is 0.0732. The van der Waals surface area contributed by atoms with Crippen LogP contribution in [0.3, 0.4) is 0 Å². The minimum atomic E-state index is -1.30. The Bertz CT molecular complexity index is 1090. The number of nitrogens with zero attached hydrogens (tertiary/aromatic N) is 5. The molecule has 13 heteroatoms. The van der Waals surface area contributed by atoms with Crippen LogP contribution in [-0.4, -0.2) is 59.7 Å². The van der Waals surface area contributed by atoms with E-state index >= 15 is 0 Å². The van der Waals surface area contributed by atoms with E-state index in [9.17, 15) is 25.4 Å². The van der Waals surface area contributed by atoms with E-state index < -0.39 is 36.1 Å². The molecule has 0 amide bonds. The van der Waals surface area contributed by atoms with E-state index in [0.717, 1.165) is 4.73 Å². The molecule has 4 rings (SSSR count). The van der Waals surface area contributed by atoms with Gasteiger partial charge in [0.25, 0.3) is 17.8 Å². The lowest BCUT2D eigenvalue weighted by Gasteiger charge is -2.15. The van der Waals surface area contributed by atoms with Crippen LogP contribution in [0.25, 0.3) is 11.2 Å². The maximum absolute atomic E-state index is 11.1. The van der Waals surface area contributed by atoms with Gasteiger partial charge < -0.3 is 30.6 Å². The van der Waals surface area contributed by atoms with Gasteiger partial charge in [0.05, 0.1) is 17.1 Å². The van der Waals surface area contributed by atoms with E-state index in [1.54, 1.807) is 18.2 Å². The highest BCUT2D eigenvalue weighted by atomic mass is 16.7. The second kappa shape index (κ2) is 7.79. The second-order valence-corrected chi connectivity index (χ2v) is 6.67. The number of hydrogen-bond donors (Lipinski definition) is 4. The third-order valence-electron chi connectivity index (χ3n) is 4.87. The molecule has 158 valence electrons. The van der Waals surface area contributed by atoms with Crippen LogP contribution >= 0.6 is 0 Å². The summed E-state index contributed by atoms with van der Waals surface area (Å²) in [7, 11) is 0. The van der Waals surface area contributed by atoms with Crippen molar-refractivity contribution in [2.24, 2.45) is 0 Å². The molecule has 3 heterocycles. The van der Waals surface area contributed by atoms with Crippen LogP contribution in [-0.2, 0) is 11.3 Å². The van der Waals surface area contributed by atoms with Crippen molar-refractivity contribution in [1.29, 1.82) is 0 Å². The minimum absolute atomic E-state index is 0.0732. The second-order valence-electron chi connectivity index (χ2n) is 6.67. The van der Waals surface area contributed by atoms with Gasteiger partial charge in [-0.25, -0.2) is 4.98 Å². The number of aromatic nitrogens is 4. The van der Waals surface area contributed by atoms with Crippen molar-refractivity contribution in [3.8, 4) is 0 Å². The molecule has 1 fully saturated rings. The first kappa shape index (κ1) is 19.9. The van der Waals surface area contributed by atoms with Gasteiger partial charge in [-0.2, -0.15) is 0 Å². The van der Waals surface area contributed by atoms with Crippen molar-refractivity contribution in [1.82, 2.24) is 14.5 Å². The Morgan fingerprint density at radius 2 is 2.07 bits per heavy atom. The summed E-state index contributed by atoms with van der Waals surface area (Å²) in [5, 5.41) is 40.5. The fourth-order valence-corrected chi connectivity index (χ4v) is 3.29. The largest absolute Gasteiger partial charge is 0.394 e. The molecule has 3 aromatic rings. The Kier molecular flexibility index (Phi) is 5.17. The Labute approximate surface area is 168 Å². The summed E-state index contributed by atoms with van der Waals surface area (Å²) < 4.78 is 8.01. The molecule has 0 unspecified atom stereocenters. The quantitative estimate of drug-likeness (QED) is 0.207. The topological polar surface area (TPSA) is 183 Å². The number of fused-ring (bicyclic) bond motifs is 1. The van der Waals surface area contributed by atoms with Gasteiger partial charge in [0.15, 0.2) is 12.8 Å². The number of nitrogens with two attached hydrogens (primary N) is 1. The highest BCUT2D eigenvalue weighted by Crippen LogP contribution is 2.31. The number of aliphatic hydroxyl groups is 3. The number of nitrogen functional groups attached to an aromatic ring is 1. The molecular formula is C17H19N6O7+. The van der Waals surface area contributed by atoms with Crippen LogP contribution < -0.4 is 15.3 Å². The monoisotopic (exact) mass is 419 g/mol. The molecule has 1 saturated heterocycles. The molecule has 1 aromatic carbocycles. The van der Waals surface area contributed by atoms with Gasteiger partial charge in [-0.1, -0.05) is 21.8 Å². The lowest BCUT2D eigenvalue weighted by molar-refractivity contribution is -0.885. The van der Waals surface area contributed by atoms with Crippen molar-refractivity contribution in [3.63, 3.8) is 0 Å². The first-order valence-electron chi connectivity index (χ1n) is 8.93. The highest BCUT2D eigenvalue weighted by molar-refractivity contribution is 5.79. The SMILES string of the molecule is Nc1c2ncn([C@@H]3O[C@H](CO)[C@@H](O)[C@H]3O)c2nc[n+]1OCc1ccccc1[N+](=O)[O-]. The summed E-state index contributed by atoms with van der Waals surface area (Å²) in [4.78, 5) is 24.6. The Morgan fingerprint density at radius 1 is 1.30 bits per heavy atom. The number of hydrogen-bond acceptors (Lipinski definition) is 10. The van der Waals surface area contributed by atoms with Gasteiger partial charge in [0.2, 0.25) is 11.2 Å². The zero-order valence-corrected chi connectivity index (χ0v) is 15.5. The maximum atomic E-state index is 11.1. The van der Waals surface area contributed by atoms with Crippen LogP contribution in [0.5, 0.6) is 0 Å². The number of para-hydroxylation sites is 1. The van der Waals surface area contributed by atoms with Gasteiger partial charge in [0.1, 0.15) is 24.6 Å². The van der Waals surface area contributed by atoms with Crippen LogP contribution in [0, 0.1) is 10.1 Å². The number of nitro benzene ring substituents is 1. The molecule has 0 saturated carbocycles. The zero-order valence-electron chi connectivity index (χ0n) is 15.5. The summed E-state index contributed by atoms with van der Waals surface area (Å²) in [6, 6.07) is 6.15. The molecular weight excluding hydrogens is 400 g/mol. The fourth-order valence-electron chi connectivity index (χ4n) is 3.29. The van der Waals surface area contributed by atoms with E-state index in [-0.39, 0.29) is 29.3 Å². The highest BCUT2D eigenvalue weighted by Gasteiger charge is 2.44. The average Bonchev–Trinajstić information content (AvgIpc) is 3.29. The molecule has 5 N–H and O–H groups in total. The normalized spacial score (nSPS) is 23.7. The summed E-state index contributed by atoms with van der Waals surface area (Å²) in [6.45, 7) is -0.592. The summed E-state index contributed by atoms with van der Waals surface area (Å²) >= 11 is 0. The Balaban J connectivity index is 1.60. The van der Waals surface area contributed by atoms with Crippen LogP contribution in [0.15, 0.2) is 36.9 Å². The van der Waals surface area contributed by atoms with Gasteiger partial charge >= 0.3 is 0 Å². The molecule has 13 nitrogen and oxygen atoms in total. The van der Waals surface area contributed by atoms with Gasteiger partial charge in [-0.15, -0.1) is 0 Å². The Morgan fingerprint density at radius 3 is 2.77 bits per heavy atom. The summed E-state index contributed by atoms with van der Waals surface area (Å²) in [6.07, 6.45) is -1.94. The Hall–Kier alpha value is -3.39. The van der Waals surface area contributed by atoms with Crippen molar-refractivity contribution in [2.45, 2.75) is 31.1 Å². The van der Waals surface area contributed by atoms with Crippen LogP contribution in [0.4, 0.5) is 11.5 Å². The molecule has 0 aliphatic carbocycles. The number of anilines is 1. The predicted molar refractivity (Wildman–Crippen MR) is 98.5 cm³/mol. The van der Waals surface area contributed by atoms with E-state index in [1.165, 1.54) is 23.3 Å². The first-order chi connectivity index (χ1) is 14.4. The van der Waals surface area contributed by atoms with Gasteiger partial charge in [-0.3, -0.25) is 14.7 Å². The molecule has 2 aromatic heterocycles. The van der Waals surface area contributed by atoms with E-state index in [2.05, 4.69) is 9.97 Å². The number of rotatable bonds is 6. The molecule has 4 atom stereocenters. The fraction of sp³-hybridized carbons (Fsp3) is 0.353. The van der Waals surface area contributed by atoms with Crippen molar-refractivity contribution < 1.29 is 34.5 Å². The van der Waals surface area contributed by atoms with E-state index in [0.29, 0.717) is 5.56 Å². The summed E-state index contributed by atoms with van der Waals surface area (Å²) in [5.41, 5.74) is 6.86. The molecule has 0 spiro atoms. The van der Waals surface area contributed by atoms with Crippen LogP contribution in [0.1, 0.15) is 11.8 Å². The number of imidazole rings is 1. The lowest BCUT2D eigenvalue weighted by atomic mass is 10.1. The molecule has 0 bridgehead atoms. The predicted octanol–water partition coefficient (Wildman–Crippen LogP) is -1.55. The zero-order chi connectivity index (χ0) is 21.4. The van der Waals surface area contributed by atoms with E-state index in [4.69, 9.17) is 15.3 Å². The van der Waals surface area contributed by atoms with Gasteiger partial charge in [0, 0.05) is 6.07 Å². The smallest absolute Gasteiger partial charge is 0.289 e. The average molecular weight is 419 g/mol. The van der Waals surface area contributed by atoms with E-state index in [1.807, 2.05) is 0 Å². The number of aliphatic hydroxyl groups excluding tert-OH is 3. The standard InChI is InChI=1S/C17H18N6O7/c18-15-12-16(21(7-19-12)17-14(26)13(25)11(5-24)30-17)20-8-22(15)29-6-9-3-1-2-4-10(9)23(27)28/h1-4,7-8,11,13-14,17-18,24-26H,5-6H2/p+1/t11-,13-,14-,17-/m1/s1. The van der Waals surface area contributed by atoms with Crippen LogP contribution in [0.2, 0.25) is 0 Å². The third kappa shape index (κ3) is 3.29.